The summed E-state index contributed by atoms with van der Waals surface area (Å²) in [4.78, 5) is 16.0. The van der Waals surface area contributed by atoms with E-state index in [-0.39, 0.29) is 17.1 Å². The molecular formula is C17H15FN2OS. The van der Waals surface area contributed by atoms with Crippen LogP contribution in [-0.4, -0.2) is 17.4 Å². The van der Waals surface area contributed by atoms with Gasteiger partial charge in [-0.2, -0.15) is 0 Å². The van der Waals surface area contributed by atoms with E-state index in [1.54, 1.807) is 0 Å². The lowest BCUT2D eigenvalue weighted by atomic mass is 9.95. The summed E-state index contributed by atoms with van der Waals surface area (Å²) >= 11 is 1.44. The van der Waals surface area contributed by atoms with E-state index in [1.165, 1.54) is 29.0 Å². The van der Waals surface area contributed by atoms with Gasteiger partial charge in [0, 0.05) is 29.1 Å². The summed E-state index contributed by atoms with van der Waals surface area (Å²) in [5.74, 6) is -0.260. The molecule has 2 N–H and O–H groups in total. The van der Waals surface area contributed by atoms with Crippen LogP contribution in [-0.2, 0) is 5.41 Å². The Kier molecular flexibility index (Phi) is 3.04. The summed E-state index contributed by atoms with van der Waals surface area (Å²) in [7, 11) is 0. The smallest absolute Gasteiger partial charge is 0.261 e. The standard InChI is InChI=1S/C17H15FN2OS/c18-11-3-4-12-13(9-19-14(12)8-11)17(5-6-17)10-20-16(21)15-2-1-7-22-15/h1-4,7-9,19H,5-6,10H2,(H,20,21). The third-order valence-electron chi connectivity index (χ3n) is 4.40. The zero-order valence-corrected chi connectivity index (χ0v) is 12.7. The number of amides is 1. The van der Waals surface area contributed by atoms with Crippen molar-refractivity contribution < 1.29 is 9.18 Å². The number of aromatic amines is 1. The zero-order valence-electron chi connectivity index (χ0n) is 11.9. The van der Waals surface area contributed by atoms with Crippen molar-refractivity contribution >= 4 is 28.1 Å². The Morgan fingerprint density at radius 2 is 2.23 bits per heavy atom. The molecule has 1 amide bonds. The van der Waals surface area contributed by atoms with Gasteiger partial charge in [-0.3, -0.25) is 4.79 Å². The number of fused-ring (bicyclic) bond motifs is 1. The van der Waals surface area contributed by atoms with E-state index in [0.717, 1.165) is 28.6 Å². The zero-order chi connectivity index (χ0) is 15.2. The van der Waals surface area contributed by atoms with Crippen molar-refractivity contribution in [3.8, 4) is 0 Å². The highest BCUT2D eigenvalue weighted by atomic mass is 32.1. The molecule has 1 aromatic carbocycles. The molecule has 0 radical (unpaired) electrons. The van der Waals surface area contributed by atoms with Crippen molar-refractivity contribution in [1.29, 1.82) is 0 Å². The first-order chi connectivity index (χ1) is 10.7. The first-order valence-electron chi connectivity index (χ1n) is 7.27. The second-order valence-electron chi connectivity index (χ2n) is 5.83. The number of aromatic nitrogens is 1. The molecule has 4 rings (SSSR count). The predicted octanol–water partition coefficient (Wildman–Crippen LogP) is 3.83. The number of rotatable bonds is 4. The molecule has 1 saturated carbocycles. The second kappa shape index (κ2) is 4.95. The number of hydrogen-bond acceptors (Lipinski definition) is 2. The molecule has 2 aromatic heterocycles. The number of carbonyl (C=O) groups is 1. The monoisotopic (exact) mass is 314 g/mol. The van der Waals surface area contributed by atoms with Crippen LogP contribution in [0.1, 0.15) is 28.1 Å². The molecule has 1 fully saturated rings. The normalized spacial score (nSPS) is 15.9. The van der Waals surface area contributed by atoms with E-state index in [1.807, 2.05) is 29.8 Å². The summed E-state index contributed by atoms with van der Waals surface area (Å²) in [6.45, 7) is 0.619. The fourth-order valence-electron chi connectivity index (χ4n) is 2.97. The van der Waals surface area contributed by atoms with Crippen LogP contribution in [0.25, 0.3) is 10.9 Å². The molecular weight excluding hydrogens is 299 g/mol. The van der Waals surface area contributed by atoms with Crippen LogP contribution in [0.4, 0.5) is 4.39 Å². The van der Waals surface area contributed by atoms with Gasteiger partial charge in [0.1, 0.15) is 5.82 Å². The molecule has 1 aliphatic carbocycles. The van der Waals surface area contributed by atoms with Gasteiger partial charge in [-0.05, 0) is 48.1 Å². The summed E-state index contributed by atoms with van der Waals surface area (Å²) in [5, 5.41) is 5.98. The van der Waals surface area contributed by atoms with Crippen molar-refractivity contribution in [2.75, 3.05) is 6.54 Å². The minimum atomic E-state index is -0.239. The molecule has 2 heterocycles. The molecule has 3 nitrogen and oxygen atoms in total. The Hall–Kier alpha value is -2.14. The van der Waals surface area contributed by atoms with Crippen molar-refractivity contribution in [3.63, 3.8) is 0 Å². The van der Waals surface area contributed by atoms with E-state index in [4.69, 9.17) is 0 Å². The molecule has 0 saturated heterocycles. The third-order valence-corrected chi connectivity index (χ3v) is 5.27. The average Bonchev–Trinajstić information content (AvgIpc) is 2.95. The fourth-order valence-corrected chi connectivity index (χ4v) is 3.61. The van der Waals surface area contributed by atoms with Crippen LogP contribution >= 0.6 is 11.3 Å². The minimum Gasteiger partial charge on any atom is -0.361 e. The molecule has 0 atom stereocenters. The van der Waals surface area contributed by atoms with Crippen molar-refractivity contribution in [1.82, 2.24) is 10.3 Å². The Bertz CT molecular complexity index is 834. The number of hydrogen-bond donors (Lipinski definition) is 2. The number of carbonyl (C=O) groups excluding carboxylic acids is 1. The van der Waals surface area contributed by atoms with E-state index in [9.17, 15) is 9.18 Å². The van der Waals surface area contributed by atoms with Crippen LogP contribution in [0.3, 0.4) is 0 Å². The molecule has 5 heteroatoms. The molecule has 0 aliphatic heterocycles. The lowest BCUT2D eigenvalue weighted by Gasteiger charge is -2.15. The SMILES string of the molecule is O=C(NCC1(c2c[nH]c3cc(F)ccc23)CC1)c1cccs1. The maximum atomic E-state index is 13.3. The van der Waals surface area contributed by atoms with Crippen LogP contribution in [0.2, 0.25) is 0 Å². The molecule has 1 aliphatic rings. The van der Waals surface area contributed by atoms with Crippen molar-refractivity contribution in [3.05, 3.63) is 58.2 Å². The first kappa shape index (κ1) is 13.5. The van der Waals surface area contributed by atoms with Gasteiger partial charge in [-0.1, -0.05) is 6.07 Å². The van der Waals surface area contributed by atoms with E-state index < -0.39 is 0 Å². The van der Waals surface area contributed by atoms with Crippen LogP contribution in [0.15, 0.2) is 41.9 Å². The molecule has 0 unspecified atom stereocenters. The lowest BCUT2D eigenvalue weighted by Crippen LogP contribution is -2.31. The summed E-state index contributed by atoms with van der Waals surface area (Å²) in [6, 6.07) is 8.52. The maximum absolute atomic E-state index is 13.3. The molecule has 0 bridgehead atoms. The summed E-state index contributed by atoms with van der Waals surface area (Å²) < 4.78 is 13.3. The topological polar surface area (TPSA) is 44.9 Å². The first-order valence-corrected chi connectivity index (χ1v) is 8.15. The highest BCUT2D eigenvalue weighted by Crippen LogP contribution is 2.50. The Balaban J connectivity index is 1.57. The highest BCUT2D eigenvalue weighted by Gasteiger charge is 2.45. The average molecular weight is 314 g/mol. The van der Waals surface area contributed by atoms with Gasteiger partial charge in [0.15, 0.2) is 0 Å². The minimum absolute atomic E-state index is 0.0109. The van der Waals surface area contributed by atoms with E-state index in [0.29, 0.717) is 6.54 Å². The number of H-pyrrole nitrogens is 1. The van der Waals surface area contributed by atoms with Gasteiger partial charge >= 0.3 is 0 Å². The van der Waals surface area contributed by atoms with E-state index >= 15 is 0 Å². The van der Waals surface area contributed by atoms with Crippen molar-refractivity contribution in [2.45, 2.75) is 18.3 Å². The van der Waals surface area contributed by atoms with Gasteiger partial charge < -0.3 is 10.3 Å². The van der Waals surface area contributed by atoms with Gasteiger partial charge in [-0.15, -0.1) is 11.3 Å². The third kappa shape index (κ3) is 2.22. The lowest BCUT2D eigenvalue weighted by molar-refractivity contribution is 0.0954. The van der Waals surface area contributed by atoms with Gasteiger partial charge in [0.05, 0.1) is 4.88 Å². The molecule has 112 valence electrons. The van der Waals surface area contributed by atoms with Crippen LogP contribution < -0.4 is 5.32 Å². The van der Waals surface area contributed by atoms with Gasteiger partial charge in [0.25, 0.3) is 5.91 Å². The summed E-state index contributed by atoms with van der Waals surface area (Å²) in [6.07, 6.45) is 4.04. The number of halogens is 1. The van der Waals surface area contributed by atoms with Gasteiger partial charge in [-0.25, -0.2) is 4.39 Å². The van der Waals surface area contributed by atoms with Crippen LogP contribution in [0, 0.1) is 5.82 Å². The molecule has 22 heavy (non-hydrogen) atoms. The maximum Gasteiger partial charge on any atom is 0.261 e. The second-order valence-corrected chi connectivity index (χ2v) is 6.78. The van der Waals surface area contributed by atoms with Crippen molar-refractivity contribution in [2.24, 2.45) is 0 Å². The van der Waals surface area contributed by atoms with E-state index in [2.05, 4.69) is 10.3 Å². The highest BCUT2D eigenvalue weighted by molar-refractivity contribution is 7.12. The predicted molar refractivity (Wildman–Crippen MR) is 85.8 cm³/mol. The number of benzene rings is 1. The molecule has 0 spiro atoms. The molecule has 3 aromatic rings. The van der Waals surface area contributed by atoms with Gasteiger partial charge in [0.2, 0.25) is 0 Å². The quantitative estimate of drug-likeness (QED) is 0.755. The Morgan fingerprint density at radius 3 is 2.95 bits per heavy atom. The number of nitrogens with one attached hydrogen (secondary N) is 2. The van der Waals surface area contributed by atoms with Crippen LogP contribution in [0.5, 0.6) is 0 Å². The number of thiophene rings is 1. The summed E-state index contributed by atoms with van der Waals surface area (Å²) in [5.41, 5.74) is 1.98. The Labute approximate surface area is 131 Å². The Morgan fingerprint density at radius 1 is 1.36 bits per heavy atom. The fraction of sp³-hybridized carbons (Fsp3) is 0.235. The largest absolute Gasteiger partial charge is 0.361 e.